The first-order valence-corrected chi connectivity index (χ1v) is 6.23. The molecule has 1 aliphatic heterocycles. The van der Waals surface area contributed by atoms with Gasteiger partial charge in [-0.05, 0) is 38.1 Å². The van der Waals surface area contributed by atoms with Crippen LogP contribution in [0.4, 0.5) is 22.0 Å². The number of ether oxygens (including phenoxy) is 1. The number of hydrogen-bond donors (Lipinski definition) is 1. The summed E-state index contributed by atoms with van der Waals surface area (Å²) in [5, 5.41) is 3.11. The first-order chi connectivity index (χ1) is 9.30. The van der Waals surface area contributed by atoms with Gasteiger partial charge in [-0.15, -0.1) is 0 Å². The van der Waals surface area contributed by atoms with Crippen molar-refractivity contribution in [3.63, 3.8) is 0 Å². The molecule has 0 bridgehead atoms. The van der Waals surface area contributed by atoms with Gasteiger partial charge >= 0.3 is 12.1 Å². The van der Waals surface area contributed by atoms with E-state index in [2.05, 4.69) is 5.32 Å². The zero-order chi connectivity index (χ0) is 14.8. The van der Waals surface area contributed by atoms with E-state index in [1.807, 2.05) is 0 Å². The minimum absolute atomic E-state index is 0.0401. The van der Waals surface area contributed by atoms with Crippen molar-refractivity contribution in [3.8, 4) is 5.75 Å². The molecule has 0 aromatic heterocycles. The Kier molecular flexibility index (Phi) is 4.17. The van der Waals surface area contributed by atoms with E-state index in [1.165, 1.54) is 6.07 Å². The average molecular weight is 295 g/mol. The third kappa shape index (κ3) is 3.20. The highest BCUT2D eigenvalue weighted by Crippen LogP contribution is 2.44. The summed E-state index contributed by atoms with van der Waals surface area (Å²) in [6.45, 7) is 1.48. The highest BCUT2D eigenvalue weighted by molar-refractivity contribution is 5.32. The van der Waals surface area contributed by atoms with Crippen LogP contribution in [0.15, 0.2) is 24.3 Å². The van der Waals surface area contributed by atoms with E-state index in [0.29, 0.717) is 12.8 Å². The lowest BCUT2D eigenvalue weighted by Crippen LogP contribution is -2.35. The van der Waals surface area contributed by atoms with Crippen LogP contribution in [0, 0.1) is 0 Å². The molecular weight excluding hydrogens is 281 g/mol. The molecule has 1 heterocycles. The standard InChI is InChI=1S/C13H14F5NO/c14-12(15,13(16,17)18)9-2-1-3-11(8-9)20-10-4-6-19-7-5-10/h1-3,8,10,19H,4-7H2. The highest BCUT2D eigenvalue weighted by atomic mass is 19.4. The van der Waals surface area contributed by atoms with Crippen molar-refractivity contribution in [1.82, 2.24) is 5.32 Å². The second-order valence-corrected chi connectivity index (χ2v) is 4.67. The number of piperidine rings is 1. The fourth-order valence-electron chi connectivity index (χ4n) is 2.03. The molecule has 20 heavy (non-hydrogen) atoms. The van der Waals surface area contributed by atoms with Crippen LogP contribution >= 0.6 is 0 Å². The summed E-state index contributed by atoms with van der Waals surface area (Å²) in [5.74, 6) is -4.83. The molecule has 0 spiro atoms. The van der Waals surface area contributed by atoms with Crippen molar-refractivity contribution in [3.05, 3.63) is 29.8 Å². The largest absolute Gasteiger partial charge is 0.490 e. The van der Waals surface area contributed by atoms with Gasteiger partial charge in [0.05, 0.1) is 0 Å². The molecule has 1 aromatic carbocycles. The summed E-state index contributed by atoms with van der Waals surface area (Å²) >= 11 is 0. The summed E-state index contributed by atoms with van der Waals surface area (Å²) in [7, 11) is 0. The minimum atomic E-state index is -5.61. The monoisotopic (exact) mass is 295 g/mol. The van der Waals surface area contributed by atoms with Gasteiger partial charge in [0.25, 0.3) is 0 Å². The third-order valence-corrected chi connectivity index (χ3v) is 3.14. The van der Waals surface area contributed by atoms with Gasteiger partial charge in [0.2, 0.25) is 0 Å². The Balaban J connectivity index is 2.15. The van der Waals surface area contributed by atoms with Crippen molar-refractivity contribution in [2.75, 3.05) is 13.1 Å². The van der Waals surface area contributed by atoms with E-state index < -0.39 is 17.7 Å². The van der Waals surface area contributed by atoms with Crippen LogP contribution in [0.25, 0.3) is 0 Å². The molecule has 0 amide bonds. The van der Waals surface area contributed by atoms with E-state index in [9.17, 15) is 22.0 Å². The van der Waals surface area contributed by atoms with Gasteiger partial charge in [-0.3, -0.25) is 0 Å². The van der Waals surface area contributed by atoms with Crippen LogP contribution in [0.2, 0.25) is 0 Å². The summed E-state index contributed by atoms with van der Waals surface area (Å²) in [5.41, 5.74) is -1.10. The lowest BCUT2D eigenvalue weighted by molar-refractivity contribution is -0.289. The lowest BCUT2D eigenvalue weighted by Gasteiger charge is -2.25. The van der Waals surface area contributed by atoms with E-state index in [0.717, 1.165) is 31.3 Å². The van der Waals surface area contributed by atoms with E-state index in [4.69, 9.17) is 4.74 Å². The maximum absolute atomic E-state index is 13.2. The second kappa shape index (κ2) is 5.55. The quantitative estimate of drug-likeness (QED) is 0.862. The SMILES string of the molecule is FC(F)(F)C(F)(F)c1cccc(OC2CCNCC2)c1. The van der Waals surface area contributed by atoms with Gasteiger partial charge in [-0.2, -0.15) is 22.0 Å². The van der Waals surface area contributed by atoms with Gasteiger partial charge < -0.3 is 10.1 Å². The van der Waals surface area contributed by atoms with E-state index in [1.54, 1.807) is 0 Å². The molecule has 0 atom stereocenters. The first kappa shape index (κ1) is 15.0. The second-order valence-electron chi connectivity index (χ2n) is 4.67. The number of nitrogens with one attached hydrogen (secondary N) is 1. The summed E-state index contributed by atoms with van der Waals surface area (Å²) < 4.78 is 68.9. The molecule has 2 nitrogen and oxygen atoms in total. The minimum Gasteiger partial charge on any atom is -0.490 e. The highest BCUT2D eigenvalue weighted by Gasteiger charge is 2.58. The Bertz CT molecular complexity index is 454. The summed E-state index contributed by atoms with van der Waals surface area (Å²) in [6, 6.07) is 4.04. The fourth-order valence-corrected chi connectivity index (χ4v) is 2.03. The number of halogens is 5. The van der Waals surface area contributed by atoms with Gasteiger partial charge in [0.1, 0.15) is 11.9 Å². The Morgan fingerprint density at radius 1 is 1.05 bits per heavy atom. The molecule has 0 saturated carbocycles. The predicted octanol–water partition coefficient (Wildman–Crippen LogP) is 3.47. The summed E-state index contributed by atoms with van der Waals surface area (Å²) in [6.07, 6.45) is -4.38. The number of alkyl halides is 5. The van der Waals surface area contributed by atoms with Gasteiger partial charge in [-0.1, -0.05) is 12.1 Å². The smallest absolute Gasteiger partial charge is 0.458 e. The van der Waals surface area contributed by atoms with Crippen LogP contribution in [-0.4, -0.2) is 25.4 Å². The molecule has 1 aromatic rings. The Morgan fingerprint density at radius 3 is 2.30 bits per heavy atom. The lowest BCUT2D eigenvalue weighted by atomic mass is 10.1. The molecule has 2 rings (SSSR count). The molecule has 1 fully saturated rings. The van der Waals surface area contributed by atoms with Crippen LogP contribution in [0.1, 0.15) is 18.4 Å². The van der Waals surface area contributed by atoms with Crippen LogP contribution in [-0.2, 0) is 5.92 Å². The van der Waals surface area contributed by atoms with Gasteiger partial charge in [0, 0.05) is 5.56 Å². The molecular formula is C13H14F5NO. The average Bonchev–Trinajstić information content (AvgIpc) is 2.39. The van der Waals surface area contributed by atoms with Gasteiger partial charge in [-0.25, -0.2) is 0 Å². The van der Waals surface area contributed by atoms with E-state index >= 15 is 0 Å². The molecule has 7 heteroatoms. The molecule has 112 valence electrons. The Morgan fingerprint density at radius 2 is 1.70 bits per heavy atom. The normalized spacial score (nSPS) is 18.1. The molecule has 0 aliphatic carbocycles. The number of benzene rings is 1. The first-order valence-electron chi connectivity index (χ1n) is 6.23. The molecule has 1 N–H and O–H groups in total. The van der Waals surface area contributed by atoms with Crippen molar-refractivity contribution >= 4 is 0 Å². The van der Waals surface area contributed by atoms with Crippen LogP contribution < -0.4 is 10.1 Å². The number of rotatable bonds is 3. The molecule has 0 radical (unpaired) electrons. The molecule has 1 saturated heterocycles. The van der Waals surface area contributed by atoms with Crippen LogP contribution in [0.3, 0.4) is 0 Å². The van der Waals surface area contributed by atoms with E-state index in [-0.39, 0.29) is 11.9 Å². The van der Waals surface area contributed by atoms with Crippen molar-refractivity contribution < 1.29 is 26.7 Å². The molecule has 1 aliphatic rings. The Hall–Kier alpha value is -1.37. The van der Waals surface area contributed by atoms with Crippen molar-refractivity contribution in [2.24, 2.45) is 0 Å². The summed E-state index contributed by atoms with van der Waals surface area (Å²) in [4.78, 5) is 0. The maximum Gasteiger partial charge on any atom is 0.458 e. The Labute approximate surface area is 112 Å². The molecule has 0 unspecified atom stereocenters. The topological polar surface area (TPSA) is 21.3 Å². The maximum atomic E-state index is 13.2. The third-order valence-electron chi connectivity index (χ3n) is 3.14. The predicted molar refractivity (Wildman–Crippen MR) is 62.9 cm³/mol. The van der Waals surface area contributed by atoms with Crippen molar-refractivity contribution in [1.29, 1.82) is 0 Å². The number of hydrogen-bond acceptors (Lipinski definition) is 2. The zero-order valence-corrected chi connectivity index (χ0v) is 10.5. The zero-order valence-electron chi connectivity index (χ0n) is 10.5. The van der Waals surface area contributed by atoms with Gasteiger partial charge in [0.15, 0.2) is 0 Å². The van der Waals surface area contributed by atoms with Crippen molar-refractivity contribution in [2.45, 2.75) is 31.0 Å². The fraction of sp³-hybridized carbons (Fsp3) is 0.538. The van der Waals surface area contributed by atoms with Crippen LogP contribution in [0.5, 0.6) is 5.75 Å².